The molecule has 0 fully saturated rings. The smallest absolute Gasteiger partial charge is 0.354 e. The molecular formula is C13H7BrN2O3. The molecule has 0 aliphatic carbocycles. The van der Waals surface area contributed by atoms with Gasteiger partial charge < -0.3 is 9.52 Å². The Bertz CT molecular complexity index is 782. The lowest BCUT2D eigenvalue weighted by molar-refractivity contribution is 0.0691. The average Bonchev–Trinajstić information content (AvgIpc) is 2.81. The largest absolute Gasteiger partial charge is 0.477 e. The third-order valence-electron chi connectivity index (χ3n) is 2.58. The number of aromatic nitrogens is 2. The van der Waals surface area contributed by atoms with Gasteiger partial charge in [0.1, 0.15) is 0 Å². The lowest BCUT2D eigenvalue weighted by atomic mass is 10.2. The third kappa shape index (κ3) is 2.10. The minimum Gasteiger partial charge on any atom is -0.477 e. The molecule has 0 amide bonds. The van der Waals surface area contributed by atoms with Gasteiger partial charge in [0, 0.05) is 4.47 Å². The fourth-order valence-electron chi connectivity index (χ4n) is 1.69. The molecule has 0 radical (unpaired) electrons. The third-order valence-corrected chi connectivity index (χ3v) is 3.27. The number of hydrogen-bond donors (Lipinski definition) is 1. The first-order valence-electron chi connectivity index (χ1n) is 5.41. The molecule has 0 aliphatic heterocycles. The van der Waals surface area contributed by atoms with Crippen molar-refractivity contribution in [2.24, 2.45) is 0 Å². The van der Waals surface area contributed by atoms with Gasteiger partial charge in [0.25, 0.3) is 0 Å². The Morgan fingerprint density at radius 1 is 1.16 bits per heavy atom. The number of halogens is 1. The molecule has 1 aromatic carbocycles. The van der Waals surface area contributed by atoms with Crippen LogP contribution in [0.5, 0.6) is 0 Å². The van der Waals surface area contributed by atoms with Gasteiger partial charge in [-0.05, 0) is 40.2 Å². The van der Waals surface area contributed by atoms with Crippen molar-refractivity contribution in [3.05, 3.63) is 46.6 Å². The number of fused-ring (bicyclic) bond motifs is 1. The van der Waals surface area contributed by atoms with Gasteiger partial charge in [-0.2, -0.15) is 4.98 Å². The van der Waals surface area contributed by atoms with Gasteiger partial charge in [0.05, 0.1) is 5.56 Å². The van der Waals surface area contributed by atoms with Crippen LogP contribution < -0.4 is 0 Å². The molecule has 5 nitrogen and oxygen atoms in total. The summed E-state index contributed by atoms with van der Waals surface area (Å²) in [6.07, 6.45) is 0. The van der Waals surface area contributed by atoms with E-state index in [1.54, 1.807) is 6.07 Å². The van der Waals surface area contributed by atoms with E-state index in [1.165, 1.54) is 6.07 Å². The van der Waals surface area contributed by atoms with E-state index in [2.05, 4.69) is 25.9 Å². The highest BCUT2D eigenvalue weighted by Gasteiger charge is 2.13. The maximum absolute atomic E-state index is 10.8. The SMILES string of the molecule is O=C(O)c1ccc2oc(-c3ccccc3Br)nc2n1. The Hall–Kier alpha value is -2.21. The molecule has 1 N–H and O–H groups in total. The normalized spacial score (nSPS) is 10.8. The molecular weight excluding hydrogens is 312 g/mol. The molecule has 6 heteroatoms. The summed E-state index contributed by atoms with van der Waals surface area (Å²) in [5, 5.41) is 8.88. The van der Waals surface area contributed by atoms with Crippen molar-refractivity contribution in [2.45, 2.75) is 0 Å². The fraction of sp³-hybridized carbons (Fsp3) is 0. The van der Waals surface area contributed by atoms with Crippen molar-refractivity contribution in [3.63, 3.8) is 0 Å². The zero-order chi connectivity index (χ0) is 13.4. The number of carbonyl (C=O) groups is 1. The summed E-state index contributed by atoms with van der Waals surface area (Å²) in [6, 6.07) is 10.4. The number of carboxylic acids is 1. The topological polar surface area (TPSA) is 76.2 Å². The van der Waals surface area contributed by atoms with Crippen molar-refractivity contribution < 1.29 is 14.3 Å². The average molecular weight is 319 g/mol. The molecule has 94 valence electrons. The van der Waals surface area contributed by atoms with Crippen LogP contribution in [0.3, 0.4) is 0 Å². The van der Waals surface area contributed by atoms with E-state index >= 15 is 0 Å². The van der Waals surface area contributed by atoms with Crippen molar-refractivity contribution >= 4 is 33.1 Å². The van der Waals surface area contributed by atoms with Crippen LogP contribution in [0.2, 0.25) is 0 Å². The van der Waals surface area contributed by atoms with E-state index in [0.717, 1.165) is 10.0 Å². The highest BCUT2D eigenvalue weighted by atomic mass is 79.9. The summed E-state index contributed by atoms with van der Waals surface area (Å²) in [5.41, 5.74) is 1.47. The van der Waals surface area contributed by atoms with Crippen LogP contribution >= 0.6 is 15.9 Å². The molecule has 0 atom stereocenters. The minimum absolute atomic E-state index is 0.0560. The Morgan fingerprint density at radius 3 is 2.68 bits per heavy atom. The summed E-state index contributed by atoms with van der Waals surface area (Å²) >= 11 is 3.41. The van der Waals surface area contributed by atoms with Crippen LogP contribution in [-0.2, 0) is 0 Å². The van der Waals surface area contributed by atoms with Gasteiger partial charge in [-0.1, -0.05) is 12.1 Å². The first-order chi connectivity index (χ1) is 9.15. The molecule has 2 aromatic heterocycles. The number of pyridine rings is 1. The van der Waals surface area contributed by atoms with Crippen molar-refractivity contribution in [2.75, 3.05) is 0 Å². The molecule has 19 heavy (non-hydrogen) atoms. The van der Waals surface area contributed by atoms with E-state index in [9.17, 15) is 4.79 Å². The van der Waals surface area contributed by atoms with Gasteiger partial charge in [-0.15, -0.1) is 0 Å². The maximum atomic E-state index is 10.8. The van der Waals surface area contributed by atoms with Gasteiger partial charge in [0.15, 0.2) is 16.9 Å². The second-order valence-electron chi connectivity index (χ2n) is 3.82. The van der Waals surface area contributed by atoms with Crippen LogP contribution in [-0.4, -0.2) is 21.0 Å². The summed E-state index contributed by atoms with van der Waals surface area (Å²) in [5.74, 6) is -0.690. The predicted octanol–water partition coefficient (Wildman–Crippen LogP) is 3.35. The van der Waals surface area contributed by atoms with Crippen LogP contribution in [0.1, 0.15) is 10.5 Å². The quantitative estimate of drug-likeness (QED) is 0.784. The molecule has 3 aromatic rings. The predicted molar refractivity (Wildman–Crippen MR) is 71.9 cm³/mol. The van der Waals surface area contributed by atoms with Crippen LogP contribution in [0.15, 0.2) is 45.3 Å². The van der Waals surface area contributed by atoms with Crippen LogP contribution in [0.4, 0.5) is 0 Å². The lowest BCUT2D eigenvalue weighted by Gasteiger charge is -1.96. The Balaban J connectivity index is 2.17. The molecule has 0 saturated heterocycles. The number of nitrogens with zero attached hydrogens (tertiary/aromatic N) is 2. The Morgan fingerprint density at radius 2 is 1.95 bits per heavy atom. The monoisotopic (exact) mass is 318 g/mol. The van der Waals surface area contributed by atoms with Gasteiger partial charge in [-0.25, -0.2) is 9.78 Å². The Labute approximate surface area is 116 Å². The standard InChI is InChI=1S/C13H7BrN2O3/c14-8-4-2-1-3-7(8)12-16-11-10(19-12)6-5-9(15-11)13(17)18/h1-6H,(H,17,18). The van der Waals surface area contributed by atoms with Crippen molar-refractivity contribution in [1.29, 1.82) is 0 Å². The summed E-state index contributed by atoms with van der Waals surface area (Å²) < 4.78 is 6.42. The van der Waals surface area contributed by atoms with Crippen molar-refractivity contribution in [3.8, 4) is 11.5 Å². The number of oxazole rings is 1. The first-order valence-corrected chi connectivity index (χ1v) is 6.20. The van der Waals surface area contributed by atoms with Crippen LogP contribution in [0, 0.1) is 0 Å². The van der Waals surface area contributed by atoms with E-state index in [0.29, 0.717) is 11.5 Å². The number of aromatic carboxylic acids is 1. The number of carboxylic acid groups (broad SMARTS) is 1. The summed E-state index contributed by atoms with van der Waals surface area (Å²) in [7, 11) is 0. The molecule has 0 bridgehead atoms. The maximum Gasteiger partial charge on any atom is 0.354 e. The lowest BCUT2D eigenvalue weighted by Crippen LogP contribution is -1.99. The molecule has 0 unspecified atom stereocenters. The zero-order valence-electron chi connectivity index (χ0n) is 9.50. The van der Waals surface area contributed by atoms with E-state index in [1.807, 2.05) is 24.3 Å². The molecule has 3 rings (SSSR count). The zero-order valence-corrected chi connectivity index (χ0v) is 11.1. The second kappa shape index (κ2) is 4.47. The van der Waals surface area contributed by atoms with E-state index in [-0.39, 0.29) is 11.3 Å². The minimum atomic E-state index is -1.09. The number of rotatable bonds is 2. The van der Waals surface area contributed by atoms with E-state index in [4.69, 9.17) is 9.52 Å². The first kappa shape index (κ1) is 11.9. The van der Waals surface area contributed by atoms with Gasteiger partial charge in [0.2, 0.25) is 5.89 Å². The molecule has 0 spiro atoms. The van der Waals surface area contributed by atoms with Crippen molar-refractivity contribution in [1.82, 2.24) is 9.97 Å². The summed E-state index contributed by atoms with van der Waals surface area (Å²) in [4.78, 5) is 19.0. The Kier molecular flexibility index (Phi) is 2.79. The van der Waals surface area contributed by atoms with E-state index < -0.39 is 5.97 Å². The number of benzene rings is 1. The highest BCUT2D eigenvalue weighted by molar-refractivity contribution is 9.10. The molecule has 0 saturated carbocycles. The molecule has 2 heterocycles. The second-order valence-corrected chi connectivity index (χ2v) is 4.68. The number of hydrogen-bond acceptors (Lipinski definition) is 4. The highest BCUT2D eigenvalue weighted by Crippen LogP contribution is 2.29. The van der Waals surface area contributed by atoms with Gasteiger partial charge >= 0.3 is 5.97 Å². The summed E-state index contributed by atoms with van der Waals surface area (Å²) in [6.45, 7) is 0. The molecule has 0 aliphatic rings. The van der Waals surface area contributed by atoms with Crippen LogP contribution in [0.25, 0.3) is 22.7 Å². The van der Waals surface area contributed by atoms with Gasteiger partial charge in [-0.3, -0.25) is 0 Å². The fourth-order valence-corrected chi connectivity index (χ4v) is 2.14.